The fourth-order valence-electron chi connectivity index (χ4n) is 2.69. The van der Waals surface area contributed by atoms with Crippen LogP contribution in [-0.2, 0) is 6.54 Å². The van der Waals surface area contributed by atoms with Gasteiger partial charge in [-0.2, -0.15) is 0 Å². The molecule has 2 aromatic carbocycles. The van der Waals surface area contributed by atoms with E-state index in [1.165, 1.54) is 6.07 Å². The fraction of sp³-hybridized carbons (Fsp3) is 0.211. The van der Waals surface area contributed by atoms with Gasteiger partial charge in [-0.05, 0) is 56.3 Å². The molecular weight excluding hydrogens is 334 g/mol. The minimum Gasteiger partial charge on any atom is -0.494 e. The zero-order valence-electron chi connectivity index (χ0n) is 14.5. The highest BCUT2D eigenvalue weighted by molar-refractivity contribution is 6.06. The number of rotatable bonds is 5. The smallest absolute Gasteiger partial charge is 0.328 e. The van der Waals surface area contributed by atoms with E-state index < -0.39 is 5.69 Å². The Kier molecular flexibility index (Phi) is 4.88. The second kappa shape index (κ2) is 7.26. The van der Waals surface area contributed by atoms with Crippen LogP contribution < -0.4 is 21.3 Å². The molecule has 3 aromatic rings. The van der Waals surface area contributed by atoms with Gasteiger partial charge in [-0.15, -0.1) is 0 Å². The molecule has 0 bridgehead atoms. The molecule has 2 N–H and O–H groups in total. The lowest BCUT2D eigenvalue weighted by Crippen LogP contribution is -2.34. The van der Waals surface area contributed by atoms with Crippen molar-refractivity contribution < 1.29 is 9.53 Å². The van der Waals surface area contributed by atoms with Gasteiger partial charge >= 0.3 is 5.69 Å². The molecule has 134 valence electrons. The van der Waals surface area contributed by atoms with Gasteiger partial charge in [0.1, 0.15) is 5.75 Å². The molecule has 7 nitrogen and oxygen atoms in total. The van der Waals surface area contributed by atoms with E-state index in [1.54, 1.807) is 43.3 Å². The lowest BCUT2D eigenvalue weighted by molar-refractivity contribution is 0.102. The van der Waals surface area contributed by atoms with Crippen molar-refractivity contribution in [1.82, 2.24) is 9.55 Å². The third-order valence-electron chi connectivity index (χ3n) is 3.98. The molecule has 1 amide bonds. The summed E-state index contributed by atoms with van der Waals surface area (Å²) in [5.74, 6) is 0.387. The third kappa shape index (κ3) is 3.37. The summed E-state index contributed by atoms with van der Waals surface area (Å²) in [4.78, 5) is 39.3. The number of hydrogen-bond donors (Lipinski definition) is 2. The van der Waals surface area contributed by atoms with Crippen molar-refractivity contribution in [2.24, 2.45) is 0 Å². The van der Waals surface area contributed by atoms with Crippen LogP contribution in [0.1, 0.15) is 24.2 Å². The molecule has 1 aromatic heterocycles. The van der Waals surface area contributed by atoms with Gasteiger partial charge < -0.3 is 15.0 Å². The SMILES string of the molecule is CCOc1ccc(NC(=O)c2ccc3c(=O)n(CC)c(=O)[nH]c3c2)cc1. The number of carbonyl (C=O) groups excluding carboxylic acids is 1. The van der Waals surface area contributed by atoms with Crippen molar-refractivity contribution in [3.63, 3.8) is 0 Å². The molecule has 0 spiro atoms. The molecule has 0 radical (unpaired) electrons. The second-order valence-electron chi connectivity index (χ2n) is 5.65. The van der Waals surface area contributed by atoms with Crippen LogP contribution >= 0.6 is 0 Å². The first-order chi connectivity index (χ1) is 12.5. The first kappa shape index (κ1) is 17.5. The number of aromatic nitrogens is 2. The van der Waals surface area contributed by atoms with E-state index in [1.807, 2.05) is 6.92 Å². The Labute approximate surface area is 149 Å². The molecule has 0 atom stereocenters. The van der Waals surface area contributed by atoms with Gasteiger partial charge in [0.05, 0.1) is 17.5 Å². The van der Waals surface area contributed by atoms with Crippen molar-refractivity contribution in [2.75, 3.05) is 11.9 Å². The summed E-state index contributed by atoms with van der Waals surface area (Å²) < 4.78 is 6.47. The molecule has 0 aliphatic rings. The van der Waals surface area contributed by atoms with E-state index in [9.17, 15) is 14.4 Å². The van der Waals surface area contributed by atoms with E-state index in [0.29, 0.717) is 28.8 Å². The maximum absolute atomic E-state index is 12.4. The number of fused-ring (bicyclic) bond motifs is 1. The number of H-pyrrole nitrogens is 1. The predicted octanol–water partition coefficient (Wildman–Crippen LogP) is 2.36. The minimum absolute atomic E-state index is 0.282. The quantitative estimate of drug-likeness (QED) is 0.736. The van der Waals surface area contributed by atoms with Crippen molar-refractivity contribution in [3.8, 4) is 5.75 Å². The topological polar surface area (TPSA) is 93.2 Å². The average molecular weight is 353 g/mol. The average Bonchev–Trinajstić information content (AvgIpc) is 2.63. The Morgan fingerprint density at radius 2 is 1.85 bits per heavy atom. The summed E-state index contributed by atoms with van der Waals surface area (Å²) in [7, 11) is 0. The van der Waals surface area contributed by atoms with Crippen molar-refractivity contribution >= 4 is 22.5 Å². The van der Waals surface area contributed by atoms with Crippen molar-refractivity contribution in [1.29, 1.82) is 0 Å². The molecule has 0 fully saturated rings. The normalized spacial score (nSPS) is 10.7. The van der Waals surface area contributed by atoms with Gasteiger partial charge in [0.25, 0.3) is 11.5 Å². The first-order valence-electron chi connectivity index (χ1n) is 8.34. The van der Waals surface area contributed by atoms with E-state index in [0.717, 1.165) is 10.3 Å². The highest BCUT2D eigenvalue weighted by Gasteiger charge is 2.11. The summed E-state index contributed by atoms with van der Waals surface area (Å²) in [5.41, 5.74) is 0.437. The summed E-state index contributed by atoms with van der Waals surface area (Å²) >= 11 is 0. The second-order valence-corrected chi connectivity index (χ2v) is 5.65. The van der Waals surface area contributed by atoms with Crippen molar-refractivity contribution in [3.05, 3.63) is 68.9 Å². The number of carbonyl (C=O) groups is 1. The zero-order chi connectivity index (χ0) is 18.7. The number of benzene rings is 2. The molecule has 1 heterocycles. The highest BCUT2D eigenvalue weighted by atomic mass is 16.5. The van der Waals surface area contributed by atoms with Gasteiger partial charge in [-0.3, -0.25) is 14.2 Å². The monoisotopic (exact) mass is 353 g/mol. The van der Waals surface area contributed by atoms with Crippen LogP contribution in [0.3, 0.4) is 0 Å². The largest absolute Gasteiger partial charge is 0.494 e. The molecule has 0 saturated heterocycles. The number of ether oxygens (including phenoxy) is 1. The standard InChI is InChI=1S/C19H19N3O4/c1-3-22-18(24)15-10-5-12(11-16(15)21-19(22)25)17(23)20-13-6-8-14(9-7-13)26-4-2/h5-11H,3-4H2,1-2H3,(H,20,23)(H,21,25). The molecule has 0 aliphatic heterocycles. The van der Waals surface area contributed by atoms with Crippen LogP contribution in [0.15, 0.2) is 52.1 Å². The number of aromatic amines is 1. The lowest BCUT2D eigenvalue weighted by atomic mass is 10.1. The number of hydrogen-bond acceptors (Lipinski definition) is 4. The van der Waals surface area contributed by atoms with Crippen molar-refractivity contribution in [2.45, 2.75) is 20.4 Å². The van der Waals surface area contributed by atoms with Gasteiger partial charge in [0, 0.05) is 17.8 Å². The van der Waals surface area contributed by atoms with Crippen LogP contribution in [0.5, 0.6) is 5.75 Å². The summed E-state index contributed by atoms with van der Waals surface area (Å²) in [6.45, 7) is 4.47. The molecule has 0 saturated carbocycles. The Hall–Kier alpha value is -3.35. The van der Waals surface area contributed by atoms with Gasteiger partial charge in [-0.1, -0.05) is 0 Å². The van der Waals surface area contributed by atoms with Crippen LogP contribution in [-0.4, -0.2) is 22.1 Å². The number of anilines is 1. The Morgan fingerprint density at radius 3 is 2.50 bits per heavy atom. The Bertz CT molecular complexity index is 1060. The predicted molar refractivity (Wildman–Crippen MR) is 100 cm³/mol. The van der Waals surface area contributed by atoms with Gasteiger partial charge in [0.2, 0.25) is 0 Å². The molecule has 3 rings (SSSR count). The Balaban J connectivity index is 1.89. The summed E-state index contributed by atoms with van der Waals surface area (Å²) in [5, 5.41) is 3.14. The number of amides is 1. The molecule has 26 heavy (non-hydrogen) atoms. The number of nitrogens with zero attached hydrogens (tertiary/aromatic N) is 1. The molecule has 0 unspecified atom stereocenters. The van der Waals surface area contributed by atoms with Crippen LogP contribution in [0.25, 0.3) is 10.9 Å². The highest BCUT2D eigenvalue weighted by Crippen LogP contribution is 2.17. The minimum atomic E-state index is -0.492. The Morgan fingerprint density at radius 1 is 1.12 bits per heavy atom. The lowest BCUT2D eigenvalue weighted by Gasteiger charge is -2.08. The van der Waals surface area contributed by atoms with E-state index in [4.69, 9.17) is 4.74 Å². The first-order valence-corrected chi connectivity index (χ1v) is 8.34. The van der Waals surface area contributed by atoms with Gasteiger partial charge in [-0.25, -0.2) is 4.79 Å². The van der Waals surface area contributed by atoms with Gasteiger partial charge in [0.15, 0.2) is 0 Å². The molecule has 0 aliphatic carbocycles. The van der Waals surface area contributed by atoms with E-state index >= 15 is 0 Å². The van der Waals surface area contributed by atoms with Crippen LogP contribution in [0, 0.1) is 0 Å². The van der Waals surface area contributed by atoms with E-state index in [-0.39, 0.29) is 18.0 Å². The van der Waals surface area contributed by atoms with Crippen LogP contribution in [0.4, 0.5) is 5.69 Å². The number of nitrogens with one attached hydrogen (secondary N) is 2. The summed E-state index contributed by atoms with van der Waals surface area (Å²) in [6, 6.07) is 11.6. The molecular formula is C19H19N3O4. The van der Waals surface area contributed by atoms with E-state index in [2.05, 4.69) is 10.3 Å². The maximum Gasteiger partial charge on any atom is 0.328 e. The van der Waals surface area contributed by atoms with Crippen LogP contribution in [0.2, 0.25) is 0 Å². The molecule has 7 heteroatoms. The zero-order valence-corrected chi connectivity index (χ0v) is 14.5. The third-order valence-corrected chi connectivity index (χ3v) is 3.98. The summed E-state index contributed by atoms with van der Waals surface area (Å²) in [6.07, 6.45) is 0. The fourth-order valence-corrected chi connectivity index (χ4v) is 2.69. The maximum atomic E-state index is 12.4.